The van der Waals surface area contributed by atoms with Crippen molar-refractivity contribution >= 4 is 38.6 Å². The average Bonchev–Trinajstić information content (AvgIpc) is 3.51. The number of benzene rings is 2. The number of hydrogen-bond acceptors (Lipinski definition) is 8. The molecule has 0 spiro atoms. The number of thiazole rings is 1. The van der Waals surface area contributed by atoms with E-state index in [2.05, 4.69) is 20.4 Å². The van der Waals surface area contributed by atoms with E-state index in [0.29, 0.717) is 34.0 Å². The van der Waals surface area contributed by atoms with Gasteiger partial charge >= 0.3 is 12.1 Å². The summed E-state index contributed by atoms with van der Waals surface area (Å²) in [5.74, 6) is -1.83. The summed E-state index contributed by atoms with van der Waals surface area (Å²) >= 11 is 1.27. The highest BCUT2D eigenvalue weighted by atomic mass is 32.1. The number of nitrogens with zero attached hydrogens (tertiary/aromatic N) is 3. The molecule has 9 nitrogen and oxygen atoms in total. The number of halogens is 4. The monoisotopic (exact) mass is 644 g/mol. The fourth-order valence-electron chi connectivity index (χ4n) is 6.53. The van der Waals surface area contributed by atoms with Crippen molar-refractivity contribution < 1.29 is 41.5 Å². The van der Waals surface area contributed by atoms with Crippen LogP contribution in [0, 0.1) is 5.82 Å². The second-order valence-corrected chi connectivity index (χ2v) is 12.8. The van der Waals surface area contributed by atoms with Crippen LogP contribution in [0.15, 0.2) is 40.9 Å². The Morgan fingerprint density at radius 1 is 1.11 bits per heavy atom. The standard InChI is InChI=1S/C31H28F4N4O5S/c32-23-9-16(29(42)36-13-25(40)41)10-24-27(23)37-30(45-24)39-17-7-8-18(39)12-19(11-17)43-14-21-26(38-44-28(21)15-5-6-15)20-3-1-2-4-22(20)31(33,34)35/h1-4,9-10,15,17-19H,5-8,11-14H2,(H,36,42)(H,40,41)/t17-,18?,19?/m0/s1. The summed E-state index contributed by atoms with van der Waals surface area (Å²) in [5.41, 5.74) is 0.0946. The number of fused-ring (bicyclic) bond motifs is 3. The molecule has 0 radical (unpaired) electrons. The number of aromatic nitrogens is 2. The highest BCUT2D eigenvalue weighted by Crippen LogP contribution is 2.47. The molecule has 3 aliphatic rings. The molecule has 2 unspecified atom stereocenters. The van der Waals surface area contributed by atoms with Crippen LogP contribution in [0.5, 0.6) is 0 Å². The number of hydrogen-bond donors (Lipinski definition) is 2. The quantitative estimate of drug-likeness (QED) is 0.198. The molecule has 7 rings (SSSR count). The van der Waals surface area contributed by atoms with Crippen molar-refractivity contribution in [3.8, 4) is 11.3 Å². The van der Waals surface area contributed by atoms with Gasteiger partial charge in [-0.25, -0.2) is 9.37 Å². The second-order valence-electron chi connectivity index (χ2n) is 11.8. The van der Waals surface area contributed by atoms with Crippen LogP contribution in [0.3, 0.4) is 0 Å². The van der Waals surface area contributed by atoms with Gasteiger partial charge in [-0.15, -0.1) is 0 Å². The van der Waals surface area contributed by atoms with E-state index in [1.165, 1.54) is 29.5 Å². The van der Waals surface area contributed by atoms with Gasteiger partial charge < -0.3 is 24.6 Å². The molecule has 14 heteroatoms. The third-order valence-electron chi connectivity index (χ3n) is 8.73. The number of alkyl halides is 3. The van der Waals surface area contributed by atoms with Crippen molar-refractivity contribution in [1.82, 2.24) is 15.5 Å². The van der Waals surface area contributed by atoms with Gasteiger partial charge in [0.05, 0.1) is 23.0 Å². The lowest BCUT2D eigenvalue weighted by Crippen LogP contribution is -2.45. The summed E-state index contributed by atoms with van der Waals surface area (Å²) in [7, 11) is 0. The normalized spacial score (nSPS) is 21.4. The highest BCUT2D eigenvalue weighted by molar-refractivity contribution is 7.22. The van der Waals surface area contributed by atoms with Crippen molar-refractivity contribution in [2.24, 2.45) is 0 Å². The number of carbonyl (C=O) groups is 2. The van der Waals surface area contributed by atoms with Gasteiger partial charge in [-0.05, 0) is 56.7 Å². The Morgan fingerprint density at radius 3 is 2.53 bits per heavy atom. The van der Waals surface area contributed by atoms with Crippen molar-refractivity contribution in [3.63, 3.8) is 0 Å². The molecule has 2 N–H and O–H groups in total. The van der Waals surface area contributed by atoms with E-state index in [0.717, 1.165) is 37.8 Å². The Morgan fingerprint density at radius 2 is 1.84 bits per heavy atom. The minimum absolute atomic E-state index is 0.0167. The first-order chi connectivity index (χ1) is 21.6. The fraction of sp³-hybridized carbons (Fsp3) is 0.419. The largest absolute Gasteiger partial charge is 0.480 e. The van der Waals surface area contributed by atoms with Crippen LogP contribution in [0.25, 0.3) is 21.5 Å². The third-order valence-corrected chi connectivity index (χ3v) is 9.74. The lowest BCUT2D eigenvalue weighted by atomic mass is 9.98. The van der Waals surface area contributed by atoms with E-state index in [-0.39, 0.29) is 53.0 Å². The zero-order chi connectivity index (χ0) is 31.5. The van der Waals surface area contributed by atoms with Crippen molar-refractivity contribution in [2.75, 3.05) is 11.4 Å². The molecule has 2 aliphatic heterocycles. The lowest BCUT2D eigenvalue weighted by molar-refractivity contribution is -0.137. The topological polar surface area (TPSA) is 118 Å². The van der Waals surface area contributed by atoms with Crippen molar-refractivity contribution in [1.29, 1.82) is 0 Å². The molecule has 3 atom stereocenters. The molecule has 236 valence electrons. The number of carboxylic acids is 1. The van der Waals surface area contributed by atoms with Crippen LogP contribution in [0.4, 0.5) is 22.7 Å². The van der Waals surface area contributed by atoms with E-state index in [9.17, 15) is 27.2 Å². The maximum absolute atomic E-state index is 15.0. The van der Waals surface area contributed by atoms with Gasteiger partial charge in [-0.3, -0.25) is 9.59 Å². The molecule has 1 amide bonds. The van der Waals surface area contributed by atoms with E-state index >= 15 is 0 Å². The summed E-state index contributed by atoms with van der Waals surface area (Å²) in [4.78, 5) is 29.9. The number of carboxylic acid groups (broad SMARTS) is 1. The van der Waals surface area contributed by atoms with Crippen molar-refractivity contribution in [2.45, 2.75) is 75.4 Å². The van der Waals surface area contributed by atoms with E-state index in [1.807, 2.05) is 0 Å². The zero-order valence-corrected chi connectivity index (χ0v) is 24.6. The Hall–Kier alpha value is -4.04. The number of amides is 1. The summed E-state index contributed by atoms with van der Waals surface area (Å²) in [6, 6.07) is 8.08. The zero-order valence-electron chi connectivity index (χ0n) is 23.8. The fourth-order valence-corrected chi connectivity index (χ4v) is 7.69. The van der Waals surface area contributed by atoms with Gasteiger partial charge in [-0.1, -0.05) is 34.7 Å². The maximum atomic E-state index is 15.0. The Balaban J connectivity index is 1.08. The first-order valence-electron chi connectivity index (χ1n) is 14.7. The van der Waals surface area contributed by atoms with Crippen LogP contribution in [-0.2, 0) is 22.3 Å². The molecule has 2 aromatic heterocycles. The van der Waals surface area contributed by atoms with E-state index < -0.39 is 36.0 Å². The molecular weight excluding hydrogens is 616 g/mol. The Labute approximate surface area is 258 Å². The van der Waals surface area contributed by atoms with Crippen LogP contribution < -0.4 is 10.2 Å². The number of rotatable bonds is 9. The second kappa shape index (κ2) is 11.4. The molecule has 3 fully saturated rings. The number of piperidine rings is 1. The number of carbonyl (C=O) groups excluding carboxylic acids is 1. The Kier molecular flexibility index (Phi) is 7.51. The molecule has 1 aliphatic carbocycles. The summed E-state index contributed by atoms with van der Waals surface area (Å²) in [6.45, 7) is -0.492. The third kappa shape index (κ3) is 5.76. The minimum Gasteiger partial charge on any atom is -0.480 e. The molecule has 2 saturated heterocycles. The molecule has 1 saturated carbocycles. The maximum Gasteiger partial charge on any atom is 0.417 e. The SMILES string of the molecule is O=C(O)CNC(=O)c1cc(F)c2nc(N3C4CC[C@H]3CC(OCc3c(-c5ccccc5C(F)(F)F)noc3C3CC3)C4)sc2c1. The highest BCUT2D eigenvalue weighted by Gasteiger charge is 2.43. The molecule has 4 aromatic rings. The van der Waals surface area contributed by atoms with Gasteiger partial charge in [0.25, 0.3) is 5.91 Å². The first kappa shape index (κ1) is 29.7. The number of ether oxygens (including phenoxy) is 1. The molecular formula is C31H28F4N4O5S. The van der Waals surface area contributed by atoms with Crippen molar-refractivity contribution in [3.05, 3.63) is 64.7 Å². The van der Waals surface area contributed by atoms with E-state index in [1.54, 1.807) is 6.07 Å². The predicted octanol–water partition coefficient (Wildman–Crippen LogP) is 6.52. The molecule has 4 heterocycles. The number of anilines is 1. The van der Waals surface area contributed by atoms with Gasteiger partial charge in [0, 0.05) is 34.7 Å². The van der Waals surface area contributed by atoms with Crippen LogP contribution >= 0.6 is 11.3 Å². The molecule has 45 heavy (non-hydrogen) atoms. The smallest absolute Gasteiger partial charge is 0.417 e. The average molecular weight is 645 g/mol. The first-order valence-corrected chi connectivity index (χ1v) is 15.5. The lowest BCUT2D eigenvalue weighted by Gasteiger charge is -2.38. The minimum atomic E-state index is -4.54. The molecule has 2 aromatic carbocycles. The predicted molar refractivity (Wildman–Crippen MR) is 156 cm³/mol. The number of nitrogens with one attached hydrogen (secondary N) is 1. The van der Waals surface area contributed by atoms with Crippen LogP contribution in [0.2, 0.25) is 0 Å². The van der Waals surface area contributed by atoms with Gasteiger partial charge in [0.2, 0.25) is 0 Å². The van der Waals surface area contributed by atoms with Gasteiger partial charge in [-0.2, -0.15) is 13.2 Å². The van der Waals surface area contributed by atoms with E-state index in [4.69, 9.17) is 14.4 Å². The summed E-state index contributed by atoms with van der Waals surface area (Å²) in [5, 5.41) is 15.8. The van der Waals surface area contributed by atoms with Gasteiger partial charge in [0.15, 0.2) is 10.9 Å². The van der Waals surface area contributed by atoms with Crippen LogP contribution in [-0.4, -0.2) is 51.9 Å². The van der Waals surface area contributed by atoms with Crippen LogP contribution in [0.1, 0.15) is 71.7 Å². The summed E-state index contributed by atoms with van der Waals surface area (Å²) < 4.78 is 68.9. The Bertz CT molecular complexity index is 1770. The number of aliphatic carboxylic acids is 1. The van der Waals surface area contributed by atoms with Gasteiger partial charge in [0.1, 0.15) is 23.5 Å². The summed E-state index contributed by atoms with van der Waals surface area (Å²) in [6.07, 6.45) is 0.184. The molecule has 2 bridgehead atoms.